The monoisotopic (exact) mass is 238 g/mol. The number of amides is 2. The van der Waals surface area contributed by atoms with E-state index in [1.54, 1.807) is 30.3 Å². The Morgan fingerprint density at radius 1 is 1.24 bits per heavy atom. The molecule has 0 aliphatic heterocycles. The van der Waals surface area contributed by atoms with Crippen molar-refractivity contribution in [3.8, 4) is 0 Å². The van der Waals surface area contributed by atoms with Crippen LogP contribution in [-0.4, -0.2) is 34.3 Å². The second-order valence-electron chi connectivity index (χ2n) is 3.53. The molecule has 1 rings (SSSR count). The minimum Gasteiger partial charge on any atom is -0.391 e. The van der Waals surface area contributed by atoms with Crippen LogP contribution >= 0.6 is 0 Å². The van der Waals surface area contributed by atoms with Crippen molar-refractivity contribution in [2.45, 2.75) is 19.1 Å². The first-order chi connectivity index (χ1) is 8.06. The molecule has 0 heterocycles. The summed E-state index contributed by atoms with van der Waals surface area (Å²) in [5.74, 6) is -1.37. The van der Waals surface area contributed by atoms with Crippen molar-refractivity contribution >= 4 is 11.8 Å². The Balaban J connectivity index is 2.75. The zero-order valence-electron chi connectivity index (χ0n) is 9.25. The highest BCUT2D eigenvalue weighted by atomic mass is 16.5. The van der Waals surface area contributed by atoms with Crippen LogP contribution in [0, 0.1) is 0 Å². The number of nitrogens with one attached hydrogen (secondary N) is 2. The van der Waals surface area contributed by atoms with Gasteiger partial charge in [-0.2, -0.15) is 0 Å². The van der Waals surface area contributed by atoms with Crippen LogP contribution in [0.5, 0.6) is 0 Å². The third kappa shape index (κ3) is 3.54. The number of aliphatic hydroxyl groups excluding tert-OH is 1. The maximum atomic E-state index is 11.7. The van der Waals surface area contributed by atoms with Gasteiger partial charge in [0.1, 0.15) is 6.04 Å². The van der Waals surface area contributed by atoms with E-state index in [0.29, 0.717) is 5.56 Å². The van der Waals surface area contributed by atoms with Gasteiger partial charge >= 0.3 is 0 Å². The van der Waals surface area contributed by atoms with Crippen LogP contribution in [0.4, 0.5) is 0 Å². The lowest BCUT2D eigenvalue weighted by molar-refractivity contribution is -0.133. The number of benzene rings is 1. The van der Waals surface area contributed by atoms with Gasteiger partial charge in [0.25, 0.3) is 11.8 Å². The largest absolute Gasteiger partial charge is 0.391 e. The van der Waals surface area contributed by atoms with Gasteiger partial charge in [0.05, 0.1) is 6.10 Å². The van der Waals surface area contributed by atoms with Crippen LogP contribution in [0.2, 0.25) is 0 Å². The highest BCUT2D eigenvalue weighted by Crippen LogP contribution is 2.00. The fraction of sp³-hybridized carbons (Fsp3) is 0.273. The topological polar surface area (TPSA) is 98.7 Å². The summed E-state index contributed by atoms with van der Waals surface area (Å²) in [6, 6.07) is 7.06. The van der Waals surface area contributed by atoms with Crippen molar-refractivity contribution in [1.82, 2.24) is 10.8 Å². The first-order valence-electron chi connectivity index (χ1n) is 5.04. The van der Waals surface area contributed by atoms with E-state index in [9.17, 15) is 14.7 Å². The van der Waals surface area contributed by atoms with Crippen LogP contribution < -0.4 is 10.8 Å². The molecule has 6 heteroatoms. The molecule has 92 valence electrons. The summed E-state index contributed by atoms with van der Waals surface area (Å²) in [4.78, 5) is 22.9. The molecule has 0 radical (unpaired) electrons. The van der Waals surface area contributed by atoms with Crippen LogP contribution in [0.3, 0.4) is 0 Å². The predicted molar refractivity (Wildman–Crippen MR) is 59.3 cm³/mol. The molecule has 0 bridgehead atoms. The maximum absolute atomic E-state index is 11.7. The third-order valence-corrected chi connectivity index (χ3v) is 2.20. The highest BCUT2D eigenvalue weighted by Gasteiger charge is 2.25. The van der Waals surface area contributed by atoms with Gasteiger partial charge in [-0.05, 0) is 19.1 Å². The van der Waals surface area contributed by atoms with Crippen LogP contribution in [-0.2, 0) is 4.79 Å². The van der Waals surface area contributed by atoms with Gasteiger partial charge in [-0.15, -0.1) is 0 Å². The molecule has 0 aliphatic carbocycles. The second-order valence-corrected chi connectivity index (χ2v) is 3.53. The number of aliphatic hydroxyl groups is 1. The lowest BCUT2D eigenvalue weighted by Gasteiger charge is -2.19. The Bertz CT molecular complexity index is 392. The average molecular weight is 238 g/mol. The Labute approximate surface area is 98.2 Å². The quantitative estimate of drug-likeness (QED) is 0.426. The Kier molecular flexibility index (Phi) is 4.62. The minimum absolute atomic E-state index is 0.365. The molecule has 1 aromatic carbocycles. The summed E-state index contributed by atoms with van der Waals surface area (Å²) < 4.78 is 0. The van der Waals surface area contributed by atoms with E-state index in [-0.39, 0.29) is 0 Å². The zero-order chi connectivity index (χ0) is 12.8. The number of carbonyl (C=O) groups is 2. The van der Waals surface area contributed by atoms with Gasteiger partial charge in [-0.25, -0.2) is 5.48 Å². The van der Waals surface area contributed by atoms with Gasteiger partial charge in [0.15, 0.2) is 0 Å². The summed E-state index contributed by atoms with van der Waals surface area (Å²) >= 11 is 0. The molecule has 0 saturated carbocycles. The fourth-order valence-corrected chi connectivity index (χ4v) is 1.29. The molecule has 4 N–H and O–H groups in total. The second kappa shape index (κ2) is 5.97. The van der Waals surface area contributed by atoms with Crippen molar-refractivity contribution in [3.63, 3.8) is 0 Å². The van der Waals surface area contributed by atoms with E-state index in [1.165, 1.54) is 12.4 Å². The molecule has 1 aromatic rings. The Hall–Kier alpha value is -1.92. The molecule has 0 unspecified atom stereocenters. The van der Waals surface area contributed by atoms with Crippen molar-refractivity contribution in [2.24, 2.45) is 0 Å². The van der Waals surface area contributed by atoms with Crippen LogP contribution in [0.25, 0.3) is 0 Å². The summed E-state index contributed by atoms with van der Waals surface area (Å²) in [7, 11) is 0. The van der Waals surface area contributed by atoms with E-state index in [2.05, 4.69) is 5.32 Å². The lowest BCUT2D eigenvalue weighted by Crippen LogP contribution is -2.51. The molecule has 0 spiro atoms. The van der Waals surface area contributed by atoms with E-state index >= 15 is 0 Å². The van der Waals surface area contributed by atoms with Crippen molar-refractivity contribution in [3.05, 3.63) is 35.9 Å². The van der Waals surface area contributed by atoms with Gasteiger partial charge in [0, 0.05) is 5.56 Å². The smallest absolute Gasteiger partial charge is 0.268 e. The lowest BCUT2D eigenvalue weighted by atomic mass is 10.1. The fourth-order valence-electron chi connectivity index (χ4n) is 1.29. The SMILES string of the molecule is C[C@H](O)[C@H](NC(=O)c1ccccc1)C(=O)NO. The zero-order valence-corrected chi connectivity index (χ0v) is 9.25. The number of carbonyl (C=O) groups excluding carboxylic acids is 2. The minimum atomic E-state index is -1.20. The van der Waals surface area contributed by atoms with E-state index < -0.39 is 24.0 Å². The van der Waals surface area contributed by atoms with Crippen molar-refractivity contribution < 1.29 is 19.9 Å². The Morgan fingerprint density at radius 2 is 1.82 bits per heavy atom. The number of hydrogen-bond acceptors (Lipinski definition) is 4. The molecule has 2 amide bonds. The Morgan fingerprint density at radius 3 is 2.29 bits per heavy atom. The summed E-state index contributed by atoms with van der Waals surface area (Å²) in [6.07, 6.45) is -1.12. The van der Waals surface area contributed by atoms with Gasteiger partial charge in [0.2, 0.25) is 0 Å². The van der Waals surface area contributed by atoms with Gasteiger partial charge in [-0.3, -0.25) is 14.8 Å². The van der Waals surface area contributed by atoms with Crippen LogP contribution in [0.15, 0.2) is 30.3 Å². The van der Waals surface area contributed by atoms with Gasteiger partial charge < -0.3 is 10.4 Å². The first kappa shape index (κ1) is 13.1. The predicted octanol–water partition coefficient (Wildman–Crippen LogP) is -0.329. The standard InChI is InChI=1S/C11H14N2O4/c1-7(14)9(11(16)13-17)12-10(15)8-5-3-2-4-6-8/h2-7,9,14,17H,1H3,(H,12,15)(H,13,16)/t7-,9-/m0/s1. The molecule has 0 aliphatic rings. The number of hydroxylamine groups is 1. The first-order valence-corrected chi connectivity index (χ1v) is 5.04. The molecule has 6 nitrogen and oxygen atoms in total. The molecule has 2 atom stereocenters. The summed E-state index contributed by atoms with van der Waals surface area (Å²) in [6.45, 7) is 1.34. The molecule has 17 heavy (non-hydrogen) atoms. The molecule has 0 fully saturated rings. The van der Waals surface area contributed by atoms with E-state index in [1.807, 2.05) is 0 Å². The van der Waals surface area contributed by atoms with E-state index in [0.717, 1.165) is 0 Å². The number of rotatable bonds is 4. The number of hydrogen-bond donors (Lipinski definition) is 4. The van der Waals surface area contributed by atoms with Crippen molar-refractivity contribution in [2.75, 3.05) is 0 Å². The average Bonchev–Trinajstić information content (AvgIpc) is 2.35. The maximum Gasteiger partial charge on any atom is 0.268 e. The molecule has 0 saturated heterocycles. The molecular formula is C11H14N2O4. The summed E-state index contributed by atoms with van der Waals surface area (Å²) in [5, 5.41) is 20.1. The van der Waals surface area contributed by atoms with Gasteiger partial charge in [-0.1, -0.05) is 18.2 Å². The third-order valence-electron chi connectivity index (χ3n) is 2.20. The molecule has 0 aromatic heterocycles. The van der Waals surface area contributed by atoms with Crippen LogP contribution in [0.1, 0.15) is 17.3 Å². The highest BCUT2D eigenvalue weighted by molar-refractivity contribution is 5.97. The normalized spacial score (nSPS) is 13.6. The van der Waals surface area contributed by atoms with Crippen molar-refractivity contribution in [1.29, 1.82) is 0 Å². The molecular weight excluding hydrogens is 224 g/mol. The summed E-state index contributed by atoms with van der Waals surface area (Å²) in [5.41, 5.74) is 1.75. The van der Waals surface area contributed by atoms with E-state index in [4.69, 9.17) is 5.21 Å².